The summed E-state index contributed by atoms with van der Waals surface area (Å²) in [5.74, 6) is -0.644. The Balaban J connectivity index is 1.99. The first-order valence-electron chi connectivity index (χ1n) is 6.67. The molecule has 118 valence electrons. The van der Waals surface area contributed by atoms with Crippen molar-refractivity contribution in [3.05, 3.63) is 22.4 Å². The molecule has 1 fully saturated rings. The molecule has 1 aliphatic rings. The number of likely N-dealkylation sites (tertiary alicyclic amines) is 1. The predicted molar refractivity (Wildman–Crippen MR) is 82.9 cm³/mol. The number of hydrogen-bond acceptors (Lipinski definition) is 4. The summed E-state index contributed by atoms with van der Waals surface area (Å²) in [6.07, 6.45) is 3.66. The van der Waals surface area contributed by atoms with Crippen LogP contribution in [0.3, 0.4) is 0 Å². The third-order valence-corrected chi connectivity index (χ3v) is 5.32. The number of benzene rings is 1. The van der Waals surface area contributed by atoms with Gasteiger partial charge in [0.05, 0.1) is 4.47 Å². The molecule has 0 spiro atoms. The van der Waals surface area contributed by atoms with Crippen molar-refractivity contribution in [2.45, 2.75) is 24.2 Å². The lowest BCUT2D eigenvalue weighted by Gasteiger charge is -2.26. The van der Waals surface area contributed by atoms with Crippen LogP contribution in [0.25, 0.3) is 0 Å². The molecule has 1 aromatic rings. The van der Waals surface area contributed by atoms with Gasteiger partial charge >= 0.3 is 0 Å². The summed E-state index contributed by atoms with van der Waals surface area (Å²) in [5.41, 5.74) is 0. The fourth-order valence-corrected chi connectivity index (χ4v) is 3.79. The normalized spacial score (nSPS) is 16.9. The van der Waals surface area contributed by atoms with Gasteiger partial charge in [0.2, 0.25) is 0 Å². The molecule has 0 N–H and O–H groups in total. The maximum absolute atomic E-state index is 13.7. The van der Waals surface area contributed by atoms with Crippen molar-refractivity contribution in [1.82, 2.24) is 4.90 Å². The van der Waals surface area contributed by atoms with Crippen LogP contribution in [-0.4, -0.2) is 39.6 Å². The predicted octanol–water partition coefficient (Wildman–Crippen LogP) is 3.38. The van der Waals surface area contributed by atoms with E-state index in [-0.39, 0.29) is 5.75 Å². The smallest absolute Gasteiger partial charge is 0.264 e. The third kappa shape index (κ3) is 4.81. The van der Waals surface area contributed by atoms with Gasteiger partial charge in [-0.3, -0.25) is 4.90 Å². The van der Waals surface area contributed by atoms with Gasteiger partial charge in [-0.25, -0.2) is 12.8 Å². The van der Waals surface area contributed by atoms with Crippen LogP contribution in [0.2, 0.25) is 0 Å². The van der Waals surface area contributed by atoms with E-state index in [9.17, 15) is 12.8 Å². The Bertz CT molecular complexity index is 606. The summed E-state index contributed by atoms with van der Waals surface area (Å²) >= 11 is 3.17. The Hall–Kier alpha value is -0.370. The monoisotopic (exact) mass is 399 g/mol. The lowest BCUT2D eigenvalue weighted by molar-refractivity contribution is 0.182. The van der Waals surface area contributed by atoms with E-state index in [1.807, 2.05) is 0 Å². The molecular formula is C13H16BrClFNO3S. The van der Waals surface area contributed by atoms with Crippen LogP contribution in [0.15, 0.2) is 21.5 Å². The number of ether oxygens (including phenoxy) is 1. The maximum atomic E-state index is 13.7. The maximum Gasteiger partial charge on any atom is 0.264 e. The average Bonchev–Trinajstić information content (AvgIpc) is 2.42. The van der Waals surface area contributed by atoms with Gasteiger partial charge in [-0.15, -0.1) is 0 Å². The molecule has 2 rings (SSSR count). The van der Waals surface area contributed by atoms with Crippen LogP contribution in [-0.2, 0) is 9.05 Å². The van der Waals surface area contributed by atoms with Crippen molar-refractivity contribution < 1.29 is 17.5 Å². The number of rotatable bonds is 5. The van der Waals surface area contributed by atoms with Gasteiger partial charge < -0.3 is 4.74 Å². The third-order valence-electron chi connectivity index (χ3n) is 3.36. The van der Waals surface area contributed by atoms with Crippen molar-refractivity contribution in [2.75, 3.05) is 26.2 Å². The van der Waals surface area contributed by atoms with Crippen LogP contribution in [0.5, 0.6) is 5.75 Å². The van der Waals surface area contributed by atoms with Gasteiger partial charge in [0.1, 0.15) is 23.1 Å². The van der Waals surface area contributed by atoms with Crippen LogP contribution in [0.4, 0.5) is 4.39 Å². The van der Waals surface area contributed by atoms with E-state index in [1.165, 1.54) is 19.3 Å². The average molecular weight is 401 g/mol. The molecule has 1 saturated heterocycles. The minimum Gasteiger partial charge on any atom is -0.491 e. The molecule has 0 unspecified atom stereocenters. The molecule has 21 heavy (non-hydrogen) atoms. The largest absolute Gasteiger partial charge is 0.491 e. The second kappa shape index (κ2) is 7.26. The van der Waals surface area contributed by atoms with Crippen molar-refractivity contribution >= 4 is 35.7 Å². The fraction of sp³-hybridized carbons (Fsp3) is 0.538. The quantitative estimate of drug-likeness (QED) is 0.711. The highest BCUT2D eigenvalue weighted by atomic mass is 79.9. The van der Waals surface area contributed by atoms with Gasteiger partial charge in [-0.2, -0.15) is 0 Å². The molecule has 0 amide bonds. The number of hydrogen-bond donors (Lipinski definition) is 0. The number of halogens is 3. The zero-order chi connectivity index (χ0) is 15.5. The van der Waals surface area contributed by atoms with E-state index in [0.29, 0.717) is 11.1 Å². The summed E-state index contributed by atoms with van der Waals surface area (Å²) in [6.45, 7) is 3.30. The van der Waals surface area contributed by atoms with Gasteiger partial charge in [-0.1, -0.05) is 6.42 Å². The Morgan fingerprint density at radius 1 is 1.29 bits per heavy atom. The van der Waals surface area contributed by atoms with E-state index in [4.69, 9.17) is 15.4 Å². The zero-order valence-electron chi connectivity index (χ0n) is 11.3. The molecule has 4 nitrogen and oxygen atoms in total. The zero-order valence-corrected chi connectivity index (χ0v) is 14.5. The highest BCUT2D eigenvalue weighted by Gasteiger charge is 2.19. The molecule has 0 atom stereocenters. The topological polar surface area (TPSA) is 46.6 Å². The van der Waals surface area contributed by atoms with Crippen LogP contribution < -0.4 is 4.74 Å². The second-order valence-electron chi connectivity index (χ2n) is 4.90. The lowest BCUT2D eigenvalue weighted by Crippen LogP contribution is -2.33. The van der Waals surface area contributed by atoms with E-state index in [1.54, 1.807) is 0 Å². The molecule has 0 bridgehead atoms. The summed E-state index contributed by atoms with van der Waals surface area (Å²) in [4.78, 5) is 1.74. The molecule has 0 saturated carbocycles. The summed E-state index contributed by atoms with van der Waals surface area (Å²) in [6, 6.07) is 2.16. The minimum absolute atomic E-state index is 0.272. The van der Waals surface area contributed by atoms with Gasteiger partial charge in [0.25, 0.3) is 9.05 Å². The molecule has 1 aromatic carbocycles. The van der Waals surface area contributed by atoms with E-state index in [0.717, 1.165) is 31.8 Å². The molecule has 1 heterocycles. The van der Waals surface area contributed by atoms with Crippen molar-refractivity contribution in [3.8, 4) is 5.75 Å². The van der Waals surface area contributed by atoms with Crippen molar-refractivity contribution in [3.63, 3.8) is 0 Å². The molecule has 0 aromatic heterocycles. The Morgan fingerprint density at radius 3 is 2.57 bits per heavy atom. The molecule has 8 heteroatoms. The van der Waals surface area contributed by atoms with Gasteiger partial charge in [0, 0.05) is 23.3 Å². The standard InChI is InChI=1S/C13H16BrClFNO3S/c14-10-8-13(21(15,18)19)11(16)9-12(10)20-7-6-17-4-2-1-3-5-17/h8-9H,1-7H2. The van der Waals surface area contributed by atoms with Crippen LogP contribution >= 0.6 is 26.6 Å². The van der Waals surface area contributed by atoms with Crippen LogP contribution in [0, 0.1) is 5.82 Å². The Labute approximate surface area is 136 Å². The molecule has 1 aliphatic heterocycles. The Morgan fingerprint density at radius 2 is 1.95 bits per heavy atom. The van der Waals surface area contributed by atoms with Gasteiger partial charge in [-0.05, 0) is 47.9 Å². The van der Waals surface area contributed by atoms with Crippen LogP contribution in [0.1, 0.15) is 19.3 Å². The van der Waals surface area contributed by atoms with E-state index in [2.05, 4.69) is 20.8 Å². The van der Waals surface area contributed by atoms with Crippen molar-refractivity contribution in [2.24, 2.45) is 0 Å². The SMILES string of the molecule is O=S(=O)(Cl)c1cc(Br)c(OCCN2CCCCC2)cc1F. The number of piperidine rings is 1. The first-order chi connectivity index (χ1) is 9.88. The number of nitrogens with zero attached hydrogens (tertiary/aromatic N) is 1. The van der Waals surface area contributed by atoms with Crippen molar-refractivity contribution in [1.29, 1.82) is 0 Å². The van der Waals surface area contributed by atoms with E-state index < -0.39 is 19.8 Å². The summed E-state index contributed by atoms with van der Waals surface area (Å²) < 4.78 is 42.0. The first-order valence-corrected chi connectivity index (χ1v) is 9.77. The van der Waals surface area contributed by atoms with Gasteiger partial charge in [0.15, 0.2) is 0 Å². The highest BCUT2D eigenvalue weighted by Crippen LogP contribution is 2.31. The summed E-state index contributed by atoms with van der Waals surface area (Å²) in [7, 11) is 1.05. The molecule has 0 radical (unpaired) electrons. The van der Waals surface area contributed by atoms with E-state index >= 15 is 0 Å². The Kier molecular flexibility index (Phi) is 5.88. The summed E-state index contributed by atoms with van der Waals surface area (Å²) in [5, 5.41) is 0. The second-order valence-corrected chi connectivity index (χ2v) is 8.29. The fourth-order valence-electron chi connectivity index (χ4n) is 2.28. The molecule has 0 aliphatic carbocycles. The lowest BCUT2D eigenvalue weighted by atomic mass is 10.1. The highest BCUT2D eigenvalue weighted by molar-refractivity contribution is 9.10. The minimum atomic E-state index is -4.11. The first kappa shape index (κ1) is 17.0. The molecular weight excluding hydrogens is 385 g/mol.